The van der Waals surface area contributed by atoms with Gasteiger partial charge in [-0.1, -0.05) is 30.1 Å². The van der Waals surface area contributed by atoms with E-state index in [0.29, 0.717) is 20.8 Å². The Morgan fingerprint density at radius 2 is 2.06 bits per heavy atom. The number of hydrogen-bond donors (Lipinski definition) is 1. The van der Waals surface area contributed by atoms with Crippen molar-refractivity contribution >= 4 is 46.2 Å². The van der Waals surface area contributed by atoms with Crippen molar-refractivity contribution in [2.45, 2.75) is 6.92 Å². The second-order valence-electron chi connectivity index (χ2n) is 3.43. The number of hydrogen-bond acceptors (Lipinski definition) is 4. The van der Waals surface area contributed by atoms with E-state index in [1.165, 1.54) is 6.07 Å². The minimum absolute atomic E-state index is 0.0533. The summed E-state index contributed by atoms with van der Waals surface area (Å²) < 4.78 is 0.839. The highest BCUT2D eigenvalue weighted by atomic mass is 35.5. The van der Waals surface area contributed by atoms with Crippen LogP contribution in [0.2, 0.25) is 8.67 Å². The van der Waals surface area contributed by atoms with Gasteiger partial charge in [-0.3, -0.25) is 14.5 Å². The predicted octanol–water partition coefficient (Wildman–Crippen LogP) is 2.04. The first-order chi connectivity index (χ1) is 7.93. The van der Waals surface area contributed by atoms with Gasteiger partial charge < -0.3 is 5.73 Å². The normalized spacial score (nSPS) is 10.8. The van der Waals surface area contributed by atoms with E-state index in [-0.39, 0.29) is 18.9 Å². The van der Waals surface area contributed by atoms with Gasteiger partial charge in [0.25, 0.3) is 0 Å². The molecule has 94 valence electrons. The second kappa shape index (κ2) is 6.35. The molecule has 2 N–H and O–H groups in total. The molecule has 4 nitrogen and oxygen atoms in total. The molecule has 0 bridgehead atoms. The van der Waals surface area contributed by atoms with Gasteiger partial charge >= 0.3 is 0 Å². The van der Waals surface area contributed by atoms with Crippen LogP contribution in [0.15, 0.2) is 6.07 Å². The van der Waals surface area contributed by atoms with Gasteiger partial charge in [-0.25, -0.2) is 0 Å². The SMILES string of the molecule is CCN(CC(N)=O)CC(=O)c1cc(Cl)sc1Cl. The van der Waals surface area contributed by atoms with Gasteiger partial charge in [0, 0.05) is 0 Å². The topological polar surface area (TPSA) is 63.4 Å². The molecule has 0 saturated carbocycles. The minimum Gasteiger partial charge on any atom is -0.369 e. The Morgan fingerprint density at radius 1 is 1.41 bits per heavy atom. The summed E-state index contributed by atoms with van der Waals surface area (Å²) in [6.45, 7) is 2.56. The molecule has 0 spiro atoms. The van der Waals surface area contributed by atoms with E-state index in [9.17, 15) is 9.59 Å². The Bertz CT molecular complexity index is 434. The summed E-state index contributed by atoms with van der Waals surface area (Å²) in [5, 5.41) is 0. The van der Waals surface area contributed by atoms with Crippen molar-refractivity contribution in [3.8, 4) is 0 Å². The maximum Gasteiger partial charge on any atom is 0.231 e. The monoisotopic (exact) mass is 294 g/mol. The molecule has 0 aliphatic rings. The summed E-state index contributed by atoms with van der Waals surface area (Å²) >= 11 is 12.8. The number of thiophene rings is 1. The first-order valence-electron chi connectivity index (χ1n) is 4.92. The molecule has 17 heavy (non-hydrogen) atoms. The van der Waals surface area contributed by atoms with Crippen LogP contribution in [0.4, 0.5) is 0 Å². The third-order valence-electron chi connectivity index (χ3n) is 2.15. The second-order valence-corrected chi connectivity index (χ2v) is 5.72. The van der Waals surface area contributed by atoms with Crippen molar-refractivity contribution in [2.75, 3.05) is 19.6 Å². The van der Waals surface area contributed by atoms with E-state index in [4.69, 9.17) is 28.9 Å². The number of ketones is 1. The standard InChI is InChI=1S/C10H12Cl2N2O2S/c1-2-14(5-9(13)16)4-7(15)6-3-8(11)17-10(6)12/h3H,2,4-5H2,1H3,(H2,13,16). The lowest BCUT2D eigenvalue weighted by Crippen LogP contribution is -2.37. The zero-order valence-corrected chi connectivity index (χ0v) is 11.5. The summed E-state index contributed by atoms with van der Waals surface area (Å²) in [6, 6.07) is 1.54. The number of amides is 1. The Hall–Kier alpha value is -0.620. The Morgan fingerprint density at radius 3 is 2.47 bits per heavy atom. The number of nitrogens with zero attached hydrogens (tertiary/aromatic N) is 1. The Balaban J connectivity index is 2.70. The number of halogens is 2. The number of nitrogens with two attached hydrogens (primary N) is 1. The van der Waals surface area contributed by atoms with Gasteiger partial charge in [0.1, 0.15) is 4.34 Å². The lowest BCUT2D eigenvalue weighted by Gasteiger charge is -2.16. The third-order valence-corrected chi connectivity index (χ3v) is 3.64. The van der Waals surface area contributed by atoms with Crippen LogP contribution in [0.3, 0.4) is 0 Å². The van der Waals surface area contributed by atoms with Crippen LogP contribution in [-0.4, -0.2) is 36.2 Å². The quantitative estimate of drug-likeness (QED) is 0.817. The highest BCUT2D eigenvalue weighted by Crippen LogP contribution is 2.31. The van der Waals surface area contributed by atoms with Crippen LogP contribution in [0.25, 0.3) is 0 Å². The van der Waals surface area contributed by atoms with Gasteiger partial charge in [0.2, 0.25) is 5.91 Å². The highest BCUT2D eigenvalue weighted by molar-refractivity contribution is 7.20. The maximum absolute atomic E-state index is 11.9. The van der Waals surface area contributed by atoms with E-state index in [1.54, 1.807) is 4.90 Å². The number of primary amides is 1. The maximum atomic E-state index is 11.9. The molecule has 7 heteroatoms. The summed E-state index contributed by atoms with van der Waals surface area (Å²) in [5.74, 6) is -0.629. The molecule has 0 unspecified atom stereocenters. The first-order valence-corrected chi connectivity index (χ1v) is 6.50. The van der Waals surface area contributed by atoms with Crippen LogP contribution in [0, 0.1) is 0 Å². The lowest BCUT2D eigenvalue weighted by molar-refractivity contribution is -0.118. The molecule has 0 saturated heterocycles. The van der Waals surface area contributed by atoms with Crippen LogP contribution >= 0.6 is 34.5 Å². The summed E-state index contributed by atoms with van der Waals surface area (Å²) in [4.78, 5) is 24.3. The van der Waals surface area contributed by atoms with Crippen molar-refractivity contribution in [1.82, 2.24) is 4.90 Å². The fourth-order valence-corrected chi connectivity index (χ4v) is 2.82. The van der Waals surface area contributed by atoms with Crippen LogP contribution in [0.5, 0.6) is 0 Å². The van der Waals surface area contributed by atoms with Gasteiger partial charge in [-0.05, 0) is 12.6 Å². The summed E-state index contributed by atoms with van der Waals surface area (Å²) in [5.41, 5.74) is 5.47. The average Bonchev–Trinajstić information content (AvgIpc) is 2.56. The van der Waals surface area contributed by atoms with E-state index in [1.807, 2.05) is 6.92 Å². The van der Waals surface area contributed by atoms with Crippen molar-refractivity contribution in [2.24, 2.45) is 5.73 Å². The number of carbonyl (C=O) groups excluding carboxylic acids is 2. The van der Waals surface area contributed by atoms with E-state index < -0.39 is 5.91 Å². The van der Waals surface area contributed by atoms with Crippen molar-refractivity contribution in [3.05, 3.63) is 20.3 Å². The molecule has 0 aliphatic carbocycles. The zero-order valence-electron chi connectivity index (χ0n) is 9.20. The van der Waals surface area contributed by atoms with Gasteiger partial charge in [-0.15, -0.1) is 11.3 Å². The molecule has 1 heterocycles. The molecule has 0 radical (unpaired) electrons. The molecule has 1 rings (SSSR count). The smallest absolute Gasteiger partial charge is 0.231 e. The summed E-state index contributed by atoms with van der Waals surface area (Å²) in [7, 11) is 0. The van der Waals surface area contributed by atoms with Crippen molar-refractivity contribution < 1.29 is 9.59 Å². The highest BCUT2D eigenvalue weighted by Gasteiger charge is 2.17. The fourth-order valence-electron chi connectivity index (χ4n) is 1.32. The van der Waals surface area contributed by atoms with Gasteiger partial charge in [0.15, 0.2) is 5.78 Å². The fraction of sp³-hybridized carbons (Fsp3) is 0.400. The average molecular weight is 295 g/mol. The number of likely N-dealkylation sites (N-methyl/N-ethyl adjacent to an activating group) is 1. The predicted molar refractivity (Wildman–Crippen MR) is 70.0 cm³/mol. The van der Waals surface area contributed by atoms with Crippen molar-refractivity contribution in [3.63, 3.8) is 0 Å². The van der Waals surface area contributed by atoms with Crippen molar-refractivity contribution in [1.29, 1.82) is 0 Å². The first kappa shape index (κ1) is 14.4. The molecule has 0 aromatic carbocycles. The number of rotatable bonds is 6. The molecule has 1 aromatic rings. The molecule has 1 amide bonds. The Kier molecular flexibility index (Phi) is 5.39. The third kappa shape index (κ3) is 4.27. The Labute approximate surface area is 113 Å². The van der Waals surface area contributed by atoms with Crippen LogP contribution in [-0.2, 0) is 4.79 Å². The molecule has 1 aromatic heterocycles. The van der Waals surface area contributed by atoms with Crippen LogP contribution < -0.4 is 5.73 Å². The van der Waals surface area contributed by atoms with Gasteiger partial charge in [0.05, 0.1) is 23.0 Å². The van der Waals surface area contributed by atoms with E-state index in [2.05, 4.69) is 0 Å². The zero-order chi connectivity index (χ0) is 13.0. The molecule has 0 aliphatic heterocycles. The van der Waals surface area contributed by atoms with E-state index >= 15 is 0 Å². The summed E-state index contributed by atoms with van der Waals surface area (Å²) in [6.07, 6.45) is 0. The number of Topliss-reactive ketones (excluding diaryl/α,β-unsaturated/α-hetero) is 1. The largest absolute Gasteiger partial charge is 0.369 e. The lowest BCUT2D eigenvalue weighted by atomic mass is 10.2. The molecule has 0 atom stereocenters. The molecular weight excluding hydrogens is 283 g/mol. The molecular formula is C10H12Cl2N2O2S. The van der Waals surface area contributed by atoms with Crippen LogP contribution in [0.1, 0.15) is 17.3 Å². The van der Waals surface area contributed by atoms with Gasteiger partial charge in [-0.2, -0.15) is 0 Å². The number of carbonyl (C=O) groups is 2. The van der Waals surface area contributed by atoms with E-state index in [0.717, 1.165) is 11.3 Å². The molecule has 0 fully saturated rings. The minimum atomic E-state index is -0.464.